The first-order valence-corrected chi connectivity index (χ1v) is 6.45. The SMILES string of the molecule is CC(C)c1ccccc1C1(O)CCCCC1. The van der Waals surface area contributed by atoms with Crippen LogP contribution in [0, 0.1) is 0 Å². The summed E-state index contributed by atoms with van der Waals surface area (Å²) in [4.78, 5) is 0. The van der Waals surface area contributed by atoms with Crippen LogP contribution in [0.1, 0.15) is 63.0 Å². The van der Waals surface area contributed by atoms with Gasteiger partial charge in [0.2, 0.25) is 0 Å². The van der Waals surface area contributed by atoms with Crippen LogP contribution < -0.4 is 0 Å². The number of benzene rings is 1. The Kier molecular flexibility index (Phi) is 3.34. The molecule has 2 rings (SSSR count). The molecule has 1 saturated carbocycles. The molecule has 1 fully saturated rings. The van der Waals surface area contributed by atoms with E-state index in [9.17, 15) is 5.11 Å². The van der Waals surface area contributed by atoms with Gasteiger partial charge in [0.1, 0.15) is 0 Å². The molecule has 0 spiro atoms. The lowest BCUT2D eigenvalue weighted by atomic mass is 9.76. The standard InChI is InChI=1S/C15H22O/c1-12(2)13-8-4-5-9-14(13)15(16)10-6-3-7-11-15/h4-5,8-9,12,16H,3,6-7,10-11H2,1-2H3. The van der Waals surface area contributed by atoms with E-state index in [-0.39, 0.29) is 0 Å². The van der Waals surface area contributed by atoms with Gasteiger partial charge in [-0.15, -0.1) is 0 Å². The fraction of sp³-hybridized carbons (Fsp3) is 0.600. The molecule has 0 aromatic heterocycles. The van der Waals surface area contributed by atoms with Gasteiger partial charge in [0.15, 0.2) is 0 Å². The van der Waals surface area contributed by atoms with Gasteiger partial charge >= 0.3 is 0 Å². The Bertz CT molecular complexity index is 348. The lowest BCUT2D eigenvalue weighted by Crippen LogP contribution is -2.29. The molecule has 1 aliphatic rings. The molecular formula is C15H22O. The molecule has 88 valence electrons. The van der Waals surface area contributed by atoms with Crippen LogP contribution in [0.25, 0.3) is 0 Å². The van der Waals surface area contributed by atoms with Crippen LogP contribution in [-0.2, 0) is 5.60 Å². The van der Waals surface area contributed by atoms with Crippen LogP contribution in [0.5, 0.6) is 0 Å². The summed E-state index contributed by atoms with van der Waals surface area (Å²) >= 11 is 0. The maximum atomic E-state index is 10.8. The molecule has 1 N–H and O–H groups in total. The third-order valence-corrected chi connectivity index (χ3v) is 3.76. The van der Waals surface area contributed by atoms with Crippen molar-refractivity contribution in [3.63, 3.8) is 0 Å². The molecule has 1 heteroatoms. The number of aliphatic hydroxyl groups is 1. The van der Waals surface area contributed by atoms with Crippen molar-refractivity contribution in [2.45, 2.75) is 57.5 Å². The first-order valence-electron chi connectivity index (χ1n) is 6.45. The average molecular weight is 218 g/mol. The Morgan fingerprint density at radius 1 is 1.06 bits per heavy atom. The number of rotatable bonds is 2. The van der Waals surface area contributed by atoms with E-state index in [1.54, 1.807) is 0 Å². The van der Waals surface area contributed by atoms with Crippen molar-refractivity contribution in [1.29, 1.82) is 0 Å². The second-order valence-corrected chi connectivity index (χ2v) is 5.33. The highest BCUT2D eigenvalue weighted by Crippen LogP contribution is 2.40. The van der Waals surface area contributed by atoms with Gasteiger partial charge in [-0.25, -0.2) is 0 Å². The fourth-order valence-corrected chi connectivity index (χ4v) is 2.83. The molecule has 1 aromatic carbocycles. The molecule has 0 amide bonds. The predicted molar refractivity (Wildman–Crippen MR) is 67.5 cm³/mol. The molecule has 0 saturated heterocycles. The molecule has 0 aliphatic heterocycles. The molecule has 0 atom stereocenters. The minimum absolute atomic E-state index is 0.488. The quantitative estimate of drug-likeness (QED) is 0.796. The van der Waals surface area contributed by atoms with Gasteiger partial charge in [0.25, 0.3) is 0 Å². The zero-order valence-electron chi connectivity index (χ0n) is 10.4. The normalized spacial score (nSPS) is 20.0. The van der Waals surface area contributed by atoms with Gasteiger partial charge in [0.05, 0.1) is 5.60 Å². The summed E-state index contributed by atoms with van der Waals surface area (Å²) in [6, 6.07) is 8.39. The summed E-state index contributed by atoms with van der Waals surface area (Å²) in [6.45, 7) is 4.40. The lowest BCUT2D eigenvalue weighted by molar-refractivity contribution is -0.00160. The Labute approximate surface area is 98.5 Å². The molecule has 0 radical (unpaired) electrons. The Hall–Kier alpha value is -0.820. The lowest BCUT2D eigenvalue weighted by Gasteiger charge is -2.34. The van der Waals surface area contributed by atoms with Gasteiger partial charge < -0.3 is 5.11 Å². The summed E-state index contributed by atoms with van der Waals surface area (Å²) in [5, 5.41) is 10.8. The van der Waals surface area contributed by atoms with Crippen molar-refractivity contribution in [1.82, 2.24) is 0 Å². The largest absolute Gasteiger partial charge is 0.385 e. The van der Waals surface area contributed by atoms with E-state index in [2.05, 4.69) is 32.0 Å². The molecule has 0 heterocycles. The Balaban J connectivity index is 2.38. The van der Waals surface area contributed by atoms with Gasteiger partial charge in [0, 0.05) is 0 Å². The van der Waals surface area contributed by atoms with Crippen molar-refractivity contribution in [3.8, 4) is 0 Å². The van der Waals surface area contributed by atoms with E-state index in [1.165, 1.54) is 17.5 Å². The van der Waals surface area contributed by atoms with Crippen molar-refractivity contribution in [3.05, 3.63) is 35.4 Å². The zero-order chi connectivity index (χ0) is 11.6. The van der Waals surface area contributed by atoms with E-state index in [0.29, 0.717) is 5.92 Å². The third-order valence-electron chi connectivity index (χ3n) is 3.76. The summed E-state index contributed by atoms with van der Waals surface area (Å²) in [5.41, 5.74) is 1.93. The fourth-order valence-electron chi connectivity index (χ4n) is 2.83. The van der Waals surface area contributed by atoms with Crippen molar-refractivity contribution < 1.29 is 5.11 Å². The summed E-state index contributed by atoms with van der Waals surface area (Å²) in [5.74, 6) is 0.488. The number of hydrogen-bond donors (Lipinski definition) is 1. The number of hydrogen-bond acceptors (Lipinski definition) is 1. The minimum Gasteiger partial charge on any atom is -0.385 e. The predicted octanol–water partition coefficient (Wildman–Crippen LogP) is 3.96. The van der Waals surface area contributed by atoms with Gasteiger partial charge in [-0.3, -0.25) is 0 Å². The van der Waals surface area contributed by atoms with E-state index in [1.807, 2.05) is 6.07 Å². The van der Waals surface area contributed by atoms with Crippen LogP contribution in [0.15, 0.2) is 24.3 Å². The second-order valence-electron chi connectivity index (χ2n) is 5.33. The van der Waals surface area contributed by atoms with Crippen LogP contribution in [-0.4, -0.2) is 5.11 Å². The van der Waals surface area contributed by atoms with Crippen molar-refractivity contribution in [2.75, 3.05) is 0 Å². The highest BCUT2D eigenvalue weighted by Gasteiger charge is 2.33. The summed E-state index contributed by atoms with van der Waals surface area (Å²) in [7, 11) is 0. The Morgan fingerprint density at radius 2 is 1.69 bits per heavy atom. The summed E-state index contributed by atoms with van der Waals surface area (Å²) in [6.07, 6.45) is 5.44. The first-order chi connectivity index (χ1) is 7.63. The van der Waals surface area contributed by atoms with Gasteiger partial charge in [-0.1, -0.05) is 57.4 Å². The maximum absolute atomic E-state index is 10.8. The van der Waals surface area contributed by atoms with Crippen LogP contribution in [0.3, 0.4) is 0 Å². The summed E-state index contributed by atoms with van der Waals surface area (Å²) < 4.78 is 0. The van der Waals surface area contributed by atoms with Crippen LogP contribution in [0.4, 0.5) is 0 Å². The van der Waals surface area contributed by atoms with Crippen LogP contribution in [0.2, 0.25) is 0 Å². The van der Waals surface area contributed by atoms with E-state index in [4.69, 9.17) is 0 Å². The van der Waals surface area contributed by atoms with Gasteiger partial charge in [-0.05, 0) is 29.9 Å². The third kappa shape index (κ3) is 2.15. The topological polar surface area (TPSA) is 20.2 Å². The molecule has 16 heavy (non-hydrogen) atoms. The van der Waals surface area contributed by atoms with Crippen molar-refractivity contribution in [2.24, 2.45) is 0 Å². The van der Waals surface area contributed by atoms with E-state index < -0.39 is 5.60 Å². The maximum Gasteiger partial charge on any atom is 0.0899 e. The van der Waals surface area contributed by atoms with Gasteiger partial charge in [-0.2, -0.15) is 0 Å². The first kappa shape index (κ1) is 11.7. The molecule has 0 unspecified atom stereocenters. The molecule has 1 aliphatic carbocycles. The monoisotopic (exact) mass is 218 g/mol. The smallest absolute Gasteiger partial charge is 0.0899 e. The molecule has 1 nitrogen and oxygen atoms in total. The van der Waals surface area contributed by atoms with Crippen molar-refractivity contribution >= 4 is 0 Å². The molecule has 1 aromatic rings. The molecular weight excluding hydrogens is 196 g/mol. The van der Waals surface area contributed by atoms with Crippen LogP contribution >= 0.6 is 0 Å². The minimum atomic E-state index is -0.556. The highest BCUT2D eigenvalue weighted by atomic mass is 16.3. The zero-order valence-corrected chi connectivity index (χ0v) is 10.4. The van der Waals surface area contributed by atoms with E-state index >= 15 is 0 Å². The average Bonchev–Trinajstić information content (AvgIpc) is 2.30. The Morgan fingerprint density at radius 3 is 2.31 bits per heavy atom. The molecule has 0 bridgehead atoms. The second kappa shape index (κ2) is 4.58. The van der Waals surface area contributed by atoms with E-state index in [0.717, 1.165) is 25.7 Å². The highest BCUT2D eigenvalue weighted by molar-refractivity contribution is 5.34.